The molecule has 3 aromatic carbocycles. The van der Waals surface area contributed by atoms with Crippen molar-refractivity contribution in [2.75, 3.05) is 27.7 Å². The molecule has 0 fully saturated rings. The number of carbonyl (C=O) groups excluding carboxylic acids is 1. The normalized spacial score (nSPS) is 12.5. The summed E-state index contributed by atoms with van der Waals surface area (Å²) in [5.74, 6) is -0.308. The van der Waals surface area contributed by atoms with Crippen molar-refractivity contribution in [1.29, 1.82) is 0 Å². The first-order valence-electron chi connectivity index (χ1n) is 10.4. The highest BCUT2D eigenvalue weighted by molar-refractivity contribution is 7.92. The second-order valence-electron chi connectivity index (χ2n) is 7.80. The van der Waals surface area contributed by atoms with Gasteiger partial charge >= 0.3 is 0 Å². The molecule has 14 heteroatoms. The Morgan fingerprint density at radius 2 is 1.57 bits per heavy atom. The van der Waals surface area contributed by atoms with Crippen LogP contribution in [0.2, 0.25) is 15.1 Å². The zero-order valence-electron chi connectivity index (χ0n) is 19.7. The highest BCUT2D eigenvalue weighted by Crippen LogP contribution is 2.32. The SMILES string of the molecule is COc1ccc(N([C@@H](C)C(=O)Nc2ccc(S(=O)(=O)Nc3ccc(Cl)cc3Cl)cc2)S(C)(=O)=O)cc1Cl. The van der Waals surface area contributed by atoms with Gasteiger partial charge in [0.25, 0.3) is 10.0 Å². The summed E-state index contributed by atoms with van der Waals surface area (Å²) < 4.78 is 58.9. The average Bonchev–Trinajstić information content (AvgIpc) is 2.80. The number of methoxy groups -OCH3 is 1. The van der Waals surface area contributed by atoms with Crippen LogP contribution in [0, 0.1) is 0 Å². The first-order chi connectivity index (χ1) is 17.2. The van der Waals surface area contributed by atoms with Gasteiger partial charge < -0.3 is 10.1 Å². The van der Waals surface area contributed by atoms with E-state index in [1.54, 1.807) is 0 Å². The summed E-state index contributed by atoms with van der Waals surface area (Å²) in [4.78, 5) is 12.9. The van der Waals surface area contributed by atoms with Gasteiger partial charge in [0, 0.05) is 10.7 Å². The Morgan fingerprint density at radius 1 is 0.919 bits per heavy atom. The Bertz CT molecular complexity index is 1530. The van der Waals surface area contributed by atoms with Gasteiger partial charge in [-0.05, 0) is 67.6 Å². The second-order valence-corrected chi connectivity index (χ2v) is 12.6. The lowest BCUT2D eigenvalue weighted by molar-refractivity contribution is -0.116. The zero-order valence-corrected chi connectivity index (χ0v) is 23.6. The van der Waals surface area contributed by atoms with Crippen LogP contribution in [0.1, 0.15) is 6.92 Å². The third-order valence-electron chi connectivity index (χ3n) is 5.09. The number of anilines is 3. The monoisotopic (exact) mass is 605 g/mol. The topological polar surface area (TPSA) is 122 Å². The van der Waals surface area contributed by atoms with Crippen molar-refractivity contribution in [3.05, 3.63) is 75.7 Å². The Hall–Kier alpha value is -2.70. The smallest absolute Gasteiger partial charge is 0.261 e. The molecule has 3 aromatic rings. The fraction of sp³-hybridized carbons (Fsp3) is 0.174. The molecule has 37 heavy (non-hydrogen) atoms. The van der Waals surface area contributed by atoms with E-state index >= 15 is 0 Å². The van der Waals surface area contributed by atoms with E-state index in [0.29, 0.717) is 10.8 Å². The van der Waals surface area contributed by atoms with Crippen LogP contribution in [0.4, 0.5) is 17.1 Å². The highest BCUT2D eigenvalue weighted by Gasteiger charge is 2.30. The molecule has 0 saturated carbocycles. The number of carbonyl (C=O) groups is 1. The molecule has 0 spiro atoms. The van der Waals surface area contributed by atoms with Gasteiger partial charge in [0.15, 0.2) is 0 Å². The van der Waals surface area contributed by atoms with Crippen molar-refractivity contribution in [3.63, 3.8) is 0 Å². The van der Waals surface area contributed by atoms with Crippen LogP contribution in [0.15, 0.2) is 65.6 Å². The van der Waals surface area contributed by atoms with E-state index in [-0.39, 0.29) is 32.0 Å². The van der Waals surface area contributed by atoms with E-state index in [1.165, 1.54) is 74.7 Å². The number of amides is 1. The molecule has 0 aliphatic carbocycles. The predicted molar refractivity (Wildman–Crippen MR) is 147 cm³/mol. The van der Waals surface area contributed by atoms with Crippen molar-refractivity contribution in [2.24, 2.45) is 0 Å². The quantitative estimate of drug-likeness (QED) is 0.343. The number of ether oxygens (including phenoxy) is 1. The summed E-state index contributed by atoms with van der Waals surface area (Å²) in [5.41, 5.74) is 0.572. The van der Waals surface area contributed by atoms with Gasteiger partial charge in [0.2, 0.25) is 15.9 Å². The fourth-order valence-electron chi connectivity index (χ4n) is 3.34. The summed E-state index contributed by atoms with van der Waals surface area (Å²) in [6.45, 7) is 1.41. The molecule has 2 N–H and O–H groups in total. The first kappa shape index (κ1) is 28.9. The summed E-state index contributed by atoms with van der Waals surface area (Å²) >= 11 is 18.0. The van der Waals surface area contributed by atoms with E-state index in [0.717, 1.165) is 10.6 Å². The molecule has 1 atom stereocenters. The molecule has 0 saturated heterocycles. The molecular formula is C23H22Cl3N3O6S2. The third kappa shape index (κ3) is 6.99. The molecule has 0 aliphatic heterocycles. The van der Waals surface area contributed by atoms with Crippen molar-refractivity contribution >= 4 is 77.8 Å². The van der Waals surface area contributed by atoms with Crippen LogP contribution in [-0.4, -0.2) is 42.2 Å². The van der Waals surface area contributed by atoms with Gasteiger partial charge in [-0.1, -0.05) is 34.8 Å². The Kier molecular flexibility index (Phi) is 8.86. The number of nitrogens with zero attached hydrogens (tertiary/aromatic N) is 1. The minimum Gasteiger partial charge on any atom is -0.495 e. The Labute approximate surface area is 230 Å². The summed E-state index contributed by atoms with van der Waals surface area (Å²) in [7, 11) is -6.45. The molecule has 1 amide bonds. The van der Waals surface area contributed by atoms with E-state index in [9.17, 15) is 21.6 Å². The van der Waals surface area contributed by atoms with Gasteiger partial charge in [-0.3, -0.25) is 13.8 Å². The number of halogens is 3. The molecule has 0 aliphatic rings. The number of nitrogens with one attached hydrogen (secondary N) is 2. The van der Waals surface area contributed by atoms with Crippen LogP contribution < -0.4 is 19.1 Å². The van der Waals surface area contributed by atoms with Gasteiger partial charge in [-0.2, -0.15) is 0 Å². The molecule has 0 unspecified atom stereocenters. The van der Waals surface area contributed by atoms with E-state index in [1.807, 2.05) is 0 Å². The fourth-order valence-corrected chi connectivity index (χ4v) is 6.35. The minimum atomic E-state index is -3.99. The van der Waals surface area contributed by atoms with Crippen molar-refractivity contribution in [2.45, 2.75) is 17.9 Å². The van der Waals surface area contributed by atoms with Crippen molar-refractivity contribution in [1.82, 2.24) is 0 Å². The van der Waals surface area contributed by atoms with E-state index in [2.05, 4.69) is 10.0 Å². The average molecular weight is 607 g/mol. The van der Waals surface area contributed by atoms with Gasteiger partial charge in [0.1, 0.15) is 11.8 Å². The number of hydrogen-bond donors (Lipinski definition) is 2. The third-order valence-corrected chi connectivity index (χ3v) is 8.55. The molecule has 198 valence electrons. The molecule has 0 bridgehead atoms. The van der Waals surface area contributed by atoms with E-state index < -0.39 is 32.0 Å². The number of hydrogen-bond acceptors (Lipinski definition) is 6. The van der Waals surface area contributed by atoms with Crippen LogP contribution in [0.5, 0.6) is 5.75 Å². The summed E-state index contributed by atoms with van der Waals surface area (Å²) in [5, 5.41) is 3.24. The standard InChI is InChI=1S/C23H22Cl3N3O6S2/c1-14(29(36(3,31)32)17-7-11-22(35-2)20(26)13-17)23(30)27-16-5-8-18(9-6-16)37(33,34)28-21-10-4-15(24)12-19(21)25/h4-14,28H,1-3H3,(H,27,30)/t14-/m0/s1. The predicted octanol–water partition coefficient (Wildman–Crippen LogP) is 5.25. The van der Waals surface area contributed by atoms with Gasteiger partial charge in [-0.25, -0.2) is 16.8 Å². The highest BCUT2D eigenvalue weighted by atomic mass is 35.5. The molecule has 9 nitrogen and oxygen atoms in total. The molecule has 3 rings (SSSR count). The molecule has 0 aromatic heterocycles. The van der Waals surface area contributed by atoms with Crippen LogP contribution in [-0.2, 0) is 24.8 Å². The molecular weight excluding hydrogens is 585 g/mol. The number of sulfonamides is 2. The van der Waals surface area contributed by atoms with E-state index in [4.69, 9.17) is 39.5 Å². The lowest BCUT2D eigenvalue weighted by Gasteiger charge is -2.28. The number of benzene rings is 3. The maximum atomic E-state index is 12.9. The van der Waals surface area contributed by atoms with Crippen LogP contribution >= 0.6 is 34.8 Å². The van der Waals surface area contributed by atoms with Crippen molar-refractivity contribution in [3.8, 4) is 5.75 Å². The minimum absolute atomic E-state index is 0.0878. The largest absolute Gasteiger partial charge is 0.495 e. The van der Waals surface area contributed by atoms with Gasteiger partial charge in [-0.15, -0.1) is 0 Å². The van der Waals surface area contributed by atoms with Gasteiger partial charge in [0.05, 0.1) is 39.7 Å². The zero-order chi connectivity index (χ0) is 27.5. The lowest BCUT2D eigenvalue weighted by Crippen LogP contribution is -2.45. The lowest BCUT2D eigenvalue weighted by atomic mass is 10.2. The van der Waals surface area contributed by atoms with Crippen molar-refractivity contribution < 1.29 is 26.4 Å². The summed E-state index contributed by atoms with van der Waals surface area (Å²) in [6, 6.07) is 12.8. The Morgan fingerprint density at radius 3 is 2.11 bits per heavy atom. The maximum absolute atomic E-state index is 12.9. The van der Waals surface area contributed by atoms with Crippen LogP contribution in [0.3, 0.4) is 0 Å². The molecule has 0 heterocycles. The maximum Gasteiger partial charge on any atom is 0.261 e. The summed E-state index contributed by atoms with van der Waals surface area (Å²) in [6.07, 6.45) is 0.967. The second kappa shape index (κ2) is 11.4. The first-order valence-corrected chi connectivity index (χ1v) is 14.9. The Balaban J connectivity index is 1.79. The number of rotatable bonds is 9. The van der Waals surface area contributed by atoms with Crippen LogP contribution in [0.25, 0.3) is 0 Å². The molecule has 0 radical (unpaired) electrons.